The molecule has 0 spiro atoms. The summed E-state index contributed by atoms with van der Waals surface area (Å²) in [5, 5.41) is 9.32. The number of rotatable bonds is 3. The second kappa shape index (κ2) is 4.48. The standard InChI is InChI=1S/C13H24O/c1-10-5-7-13(4,11(2)9-10)8-6-12(3)14/h9,11-12,14H,5-8H2,1-4H3/t11?,12?,13-/m0/s1. The summed E-state index contributed by atoms with van der Waals surface area (Å²) in [5.41, 5.74) is 1.95. The van der Waals surface area contributed by atoms with Gasteiger partial charge in [-0.1, -0.05) is 25.5 Å². The van der Waals surface area contributed by atoms with Crippen LogP contribution in [0.4, 0.5) is 0 Å². The molecule has 0 aromatic heterocycles. The van der Waals surface area contributed by atoms with Gasteiger partial charge in [-0.25, -0.2) is 0 Å². The zero-order valence-corrected chi connectivity index (χ0v) is 10.0. The first-order valence-electron chi connectivity index (χ1n) is 5.79. The maximum absolute atomic E-state index is 9.32. The van der Waals surface area contributed by atoms with Gasteiger partial charge in [0.2, 0.25) is 0 Å². The van der Waals surface area contributed by atoms with E-state index in [-0.39, 0.29) is 6.10 Å². The van der Waals surface area contributed by atoms with Crippen molar-refractivity contribution in [1.29, 1.82) is 0 Å². The summed E-state index contributed by atoms with van der Waals surface area (Å²) < 4.78 is 0. The van der Waals surface area contributed by atoms with Gasteiger partial charge in [0.25, 0.3) is 0 Å². The first kappa shape index (κ1) is 11.8. The van der Waals surface area contributed by atoms with E-state index < -0.39 is 0 Å². The lowest BCUT2D eigenvalue weighted by Gasteiger charge is -2.38. The van der Waals surface area contributed by atoms with Gasteiger partial charge in [0.1, 0.15) is 0 Å². The van der Waals surface area contributed by atoms with E-state index in [1.807, 2.05) is 6.92 Å². The minimum Gasteiger partial charge on any atom is -0.393 e. The second-order valence-corrected chi connectivity index (χ2v) is 5.34. The minimum absolute atomic E-state index is 0.147. The Kier molecular flexibility index (Phi) is 3.77. The van der Waals surface area contributed by atoms with Crippen LogP contribution in [0.5, 0.6) is 0 Å². The van der Waals surface area contributed by atoms with Gasteiger partial charge in [-0.05, 0) is 50.9 Å². The van der Waals surface area contributed by atoms with Gasteiger partial charge in [-0.2, -0.15) is 0 Å². The van der Waals surface area contributed by atoms with Crippen molar-refractivity contribution < 1.29 is 5.11 Å². The highest BCUT2D eigenvalue weighted by Crippen LogP contribution is 2.43. The van der Waals surface area contributed by atoms with Gasteiger partial charge < -0.3 is 5.11 Å². The highest BCUT2D eigenvalue weighted by molar-refractivity contribution is 5.09. The normalized spacial score (nSPS) is 35.2. The quantitative estimate of drug-likeness (QED) is 0.685. The third-order valence-corrected chi connectivity index (χ3v) is 3.86. The molecule has 1 rings (SSSR count). The maximum atomic E-state index is 9.32. The van der Waals surface area contributed by atoms with Crippen molar-refractivity contribution >= 4 is 0 Å². The third-order valence-electron chi connectivity index (χ3n) is 3.86. The van der Waals surface area contributed by atoms with Crippen LogP contribution >= 0.6 is 0 Å². The van der Waals surface area contributed by atoms with E-state index in [0.29, 0.717) is 11.3 Å². The summed E-state index contributed by atoms with van der Waals surface area (Å²) in [6, 6.07) is 0. The number of allylic oxidation sites excluding steroid dienone is 2. The van der Waals surface area contributed by atoms with E-state index in [4.69, 9.17) is 0 Å². The summed E-state index contributed by atoms with van der Waals surface area (Å²) in [7, 11) is 0. The molecule has 0 aromatic rings. The average molecular weight is 196 g/mol. The van der Waals surface area contributed by atoms with E-state index in [1.165, 1.54) is 18.4 Å². The van der Waals surface area contributed by atoms with Crippen LogP contribution in [-0.2, 0) is 0 Å². The molecule has 2 unspecified atom stereocenters. The molecule has 1 N–H and O–H groups in total. The average Bonchev–Trinajstić information content (AvgIpc) is 2.09. The fraction of sp³-hybridized carbons (Fsp3) is 0.846. The molecule has 0 bridgehead atoms. The highest BCUT2D eigenvalue weighted by Gasteiger charge is 2.32. The second-order valence-electron chi connectivity index (χ2n) is 5.34. The monoisotopic (exact) mass is 196 g/mol. The molecule has 1 heteroatoms. The van der Waals surface area contributed by atoms with E-state index in [0.717, 1.165) is 12.8 Å². The molecule has 82 valence electrons. The topological polar surface area (TPSA) is 20.2 Å². The highest BCUT2D eigenvalue weighted by atomic mass is 16.3. The zero-order valence-electron chi connectivity index (χ0n) is 10.0. The van der Waals surface area contributed by atoms with Crippen LogP contribution in [0.15, 0.2) is 11.6 Å². The van der Waals surface area contributed by atoms with Crippen LogP contribution in [0.3, 0.4) is 0 Å². The van der Waals surface area contributed by atoms with Crippen molar-refractivity contribution in [3.8, 4) is 0 Å². The summed E-state index contributed by atoms with van der Waals surface area (Å²) in [4.78, 5) is 0. The van der Waals surface area contributed by atoms with Gasteiger partial charge in [-0.15, -0.1) is 0 Å². The Hall–Kier alpha value is -0.300. The molecular weight excluding hydrogens is 172 g/mol. The Bertz CT molecular complexity index is 217. The molecule has 0 aromatic carbocycles. The molecule has 0 radical (unpaired) electrons. The number of aliphatic hydroxyl groups is 1. The molecule has 0 aliphatic heterocycles. The number of hydrogen-bond donors (Lipinski definition) is 1. The first-order valence-corrected chi connectivity index (χ1v) is 5.79. The Morgan fingerprint density at radius 3 is 2.79 bits per heavy atom. The van der Waals surface area contributed by atoms with Gasteiger partial charge >= 0.3 is 0 Å². The van der Waals surface area contributed by atoms with Crippen molar-refractivity contribution in [1.82, 2.24) is 0 Å². The van der Waals surface area contributed by atoms with Gasteiger partial charge in [0, 0.05) is 0 Å². The van der Waals surface area contributed by atoms with Crippen LogP contribution in [0.1, 0.15) is 53.4 Å². The maximum Gasteiger partial charge on any atom is 0.0512 e. The van der Waals surface area contributed by atoms with Crippen LogP contribution in [-0.4, -0.2) is 11.2 Å². The van der Waals surface area contributed by atoms with Crippen molar-refractivity contribution in [2.45, 2.75) is 59.5 Å². The third kappa shape index (κ3) is 2.84. The van der Waals surface area contributed by atoms with Gasteiger partial charge in [-0.3, -0.25) is 0 Å². The van der Waals surface area contributed by atoms with Crippen molar-refractivity contribution in [3.63, 3.8) is 0 Å². The number of aliphatic hydroxyl groups excluding tert-OH is 1. The molecular formula is C13H24O. The lowest BCUT2D eigenvalue weighted by atomic mass is 9.67. The fourth-order valence-electron chi connectivity index (χ4n) is 2.31. The molecule has 1 aliphatic carbocycles. The van der Waals surface area contributed by atoms with Crippen LogP contribution in [0, 0.1) is 11.3 Å². The Morgan fingerprint density at radius 2 is 2.29 bits per heavy atom. The summed E-state index contributed by atoms with van der Waals surface area (Å²) in [6.45, 7) is 8.79. The Labute approximate surface area is 88.2 Å². The van der Waals surface area contributed by atoms with Crippen molar-refractivity contribution in [3.05, 3.63) is 11.6 Å². The van der Waals surface area contributed by atoms with Gasteiger partial charge in [0.15, 0.2) is 0 Å². The lowest BCUT2D eigenvalue weighted by molar-refractivity contribution is 0.125. The molecule has 0 saturated carbocycles. The van der Waals surface area contributed by atoms with E-state index >= 15 is 0 Å². The van der Waals surface area contributed by atoms with Crippen LogP contribution in [0.2, 0.25) is 0 Å². The molecule has 0 heterocycles. The van der Waals surface area contributed by atoms with E-state index in [9.17, 15) is 5.11 Å². The molecule has 0 fully saturated rings. The summed E-state index contributed by atoms with van der Waals surface area (Å²) >= 11 is 0. The summed E-state index contributed by atoms with van der Waals surface area (Å²) in [6.07, 6.45) is 6.87. The molecule has 3 atom stereocenters. The lowest BCUT2D eigenvalue weighted by Crippen LogP contribution is -2.28. The molecule has 14 heavy (non-hydrogen) atoms. The minimum atomic E-state index is -0.147. The Morgan fingerprint density at radius 1 is 1.64 bits per heavy atom. The Balaban J connectivity index is 2.57. The van der Waals surface area contributed by atoms with E-state index in [2.05, 4.69) is 26.8 Å². The predicted octanol–water partition coefficient (Wildman–Crippen LogP) is 3.53. The SMILES string of the molecule is CC1=CC(C)[C@](C)(CCC(C)O)CC1. The van der Waals surface area contributed by atoms with E-state index in [1.54, 1.807) is 0 Å². The first-order chi connectivity index (χ1) is 6.44. The van der Waals surface area contributed by atoms with Crippen LogP contribution in [0.25, 0.3) is 0 Å². The van der Waals surface area contributed by atoms with Gasteiger partial charge in [0.05, 0.1) is 6.10 Å². The number of hydrogen-bond acceptors (Lipinski definition) is 1. The largest absolute Gasteiger partial charge is 0.393 e. The predicted molar refractivity (Wildman–Crippen MR) is 61.2 cm³/mol. The fourth-order valence-corrected chi connectivity index (χ4v) is 2.31. The smallest absolute Gasteiger partial charge is 0.0512 e. The summed E-state index contributed by atoms with van der Waals surface area (Å²) in [5.74, 6) is 0.662. The molecule has 0 saturated heterocycles. The van der Waals surface area contributed by atoms with Crippen molar-refractivity contribution in [2.75, 3.05) is 0 Å². The molecule has 0 amide bonds. The molecule has 1 nitrogen and oxygen atoms in total. The van der Waals surface area contributed by atoms with Crippen molar-refractivity contribution in [2.24, 2.45) is 11.3 Å². The zero-order chi connectivity index (χ0) is 10.8. The molecule has 1 aliphatic rings. The van der Waals surface area contributed by atoms with Crippen LogP contribution < -0.4 is 0 Å².